The molecule has 1 saturated heterocycles. The number of nitrogens with zero attached hydrogens (tertiary/aromatic N) is 2. The van der Waals surface area contributed by atoms with Crippen LogP contribution in [0, 0.1) is 0 Å². The maximum Gasteiger partial charge on any atom is 0.226 e. The number of aromatic amines is 2. The number of nitrogens with one attached hydrogen (secondary N) is 4. The van der Waals surface area contributed by atoms with Gasteiger partial charge in [-0.25, -0.2) is 0 Å². The third-order valence-corrected chi connectivity index (χ3v) is 4.57. The topological polar surface area (TPSA) is 98.5 Å². The summed E-state index contributed by atoms with van der Waals surface area (Å²) in [4.78, 5) is 12.3. The average molecular weight is 324 g/mol. The summed E-state index contributed by atoms with van der Waals surface area (Å²) >= 11 is 0. The third-order valence-electron chi connectivity index (χ3n) is 4.57. The fourth-order valence-electron chi connectivity index (χ4n) is 3.28. The van der Waals surface area contributed by atoms with E-state index in [1.165, 1.54) is 0 Å². The van der Waals surface area contributed by atoms with Crippen molar-refractivity contribution in [2.75, 3.05) is 13.1 Å². The Morgan fingerprint density at radius 1 is 1.29 bits per heavy atom. The first-order valence-corrected chi connectivity index (χ1v) is 8.23. The Morgan fingerprint density at radius 3 is 3.08 bits per heavy atom. The van der Waals surface area contributed by atoms with Crippen LogP contribution in [0.1, 0.15) is 29.3 Å². The van der Waals surface area contributed by atoms with Crippen LogP contribution >= 0.6 is 0 Å². The molecule has 1 aliphatic rings. The van der Waals surface area contributed by atoms with Crippen LogP contribution in [-0.4, -0.2) is 39.4 Å². The van der Waals surface area contributed by atoms with Gasteiger partial charge in [0.15, 0.2) is 0 Å². The van der Waals surface area contributed by atoms with E-state index in [9.17, 15) is 4.79 Å². The van der Waals surface area contributed by atoms with Crippen LogP contribution in [-0.2, 0) is 17.8 Å². The third kappa shape index (κ3) is 2.90. The molecule has 1 aromatic carbocycles. The van der Waals surface area contributed by atoms with Gasteiger partial charge in [0.2, 0.25) is 5.91 Å². The lowest BCUT2D eigenvalue weighted by Crippen LogP contribution is -2.25. The number of aromatic nitrogens is 4. The van der Waals surface area contributed by atoms with Gasteiger partial charge in [0.1, 0.15) is 0 Å². The van der Waals surface area contributed by atoms with Crippen LogP contribution in [0.5, 0.6) is 0 Å². The zero-order valence-corrected chi connectivity index (χ0v) is 13.3. The van der Waals surface area contributed by atoms with Gasteiger partial charge in [0.05, 0.1) is 23.8 Å². The number of hydrogen-bond donors (Lipinski definition) is 4. The molecule has 1 amide bonds. The maximum atomic E-state index is 12.3. The highest BCUT2D eigenvalue weighted by Crippen LogP contribution is 2.23. The number of hydrogen-bond acceptors (Lipinski definition) is 4. The number of fused-ring (bicyclic) bond motifs is 1. The average Bonchev–Trinajstić information content (AvgIpc) is 3.33. The molecule has 3 heterocycles. The van der Waals surface area contributed by atoms with Gasteiger partial charge in [-0.1, -0.05) is 18.2 Å². The molecule has 1 atom stereocenters. The maximum absolute atomic E-state index is 12.3. The largest absolute Gasteiger partial charge is 0.352 e. The molecule has 7 heteroatoms. The monoisotopic (exact) mass is 324 g/mol. The molecule has 1 aliphatic heterocycles. The molecule has 0 spiro atoms. The summed E-state index contributed by atoms with van der Waals surface area (Å²) in [6, 6.07) is 7.79. The smallest absolute Gasteiger partial charge is 0.226 e. The first kappa shape index (κ1) is 14.9. The highest BCUT2D eigenvalue weighted by molar-refractivity contribution is 5.87. The second kappa shape index (κ2) is 6.45. The Balaban J connectivity index is 1.39. The molecule has 0 saturated carbocycles. The van der Waals surface area contributed by atoms with Crippen molar-refractivity contribution in [3.8, 4) is 0 Å². The van der Waals surface area contributed by atoms with E-state index in [0.717, 1.165) is 47.4 Å². The molecule has 3 aromatic rings. The lowest BCUT2D eigenvalue weighted by atomic mass is 10.0. The molecule has 1 unspecified atom stereocenters. The Kier molecular flexibility index (Phi) is 4.00. The van der Waals surface area contributed by atoms with Crippen molar-refractivity contribution in [3.63, 3.8) is 0 Å². The second-order valence-corrected chi connectivity index (χ2v) is 6.17. The van der Waals surface area contributed by atoms with Gasteiger partial charge in [0.25, 0.3) is 0 Å². The minimum Gasteiger partial charge on any atom is -0.352 e. The molecule has 0 bridgehead atoms. The number of benzene rings is 1. The van der Waals surface area contributed by atoms with Gasteiger partial charge < -0.3 is 10.6 Å². The molecular formula is C17H20N6O. The first-order valence-electron chi connectivity index (χ1n) is 8.23. The summed E-state index contributed by atoms with van der Waals surface area (Å²) in [7, 11) is 0. The van der Waals surface area contributed by atoms with Crippen molar-refractivity contribution in [2.45, 2.75) is 25.3 Å². The molecule has 1 fully saturated rings. The summed E-state index contributed by atoms with van der Waals surface area (Å²) in [5, 5.41) is 21.7. The van der Waals surface area contributed by atoms with Gasteiger partial charge >= 0.3 is 0 Å². The van der Waals surface area contributed by atoms with Crippen LogP contribution < -0.4 is 10.6 Å². The SMILES string of the molecule is O=C(Cc1[nH]nc2ccccc12)NCc1cn[nH]c1C1CCNC1. The Morgan fingerprint density at radius 2 is 2.21 bits per heavy atom. The van der Waals surface area contributed by atoms with E-state index in [1.54, 1.807) is 6.20 Å². The Hall–Kier alpha value is -2.67. The molecule has 2 aromatic heterocycles. The Labute approximate surface area is 139 Å². The van der Waals surface area contributed by atoms with Crippen LogP contribution in [0.15, 0.2) is 30.5 Å². The summed E-state index contributed by atoms with van der Waals surface area (Å²) in [5.74, 6) is 0.428. The number of amides is 1. The molecule has 0 radical (unpaired) electrons. The van der Waals surface area contributed by atoms with Gasteiger partial charge in [-0.2, -0.15) is 10.2 Å². The zero-order valence-electron chi connectivity index (χ0n) is 13.3. The highest BCUT2D eigenvalue weighted by atomic mass is 16.1. The van der Waals surface area contributed by atoms with Crippen LogP contribution in [0.4, 0.5) is 0 Å². The Bertz CT molecular complexity index is 846. The van der Waals surface area contributed by atoms with E-state index in [2.05, 4.69) is 31.0 Å². The minimum absolute atomic E-state index is 0.0268. The standard InChI is InChI=1S/C17H20N6O/c24-16(7-15-13-3-1-2-4-14(13)21-22-15)19-9-12-10-20-23-17(12)11-5-6-18-8-11/h1-4,10-11,18H,5-9H2,(H,19,24)(H,20,23)(H,21,22). The molecule has 24 heavy (non-hydrogen) atoms. The highest BCUT2D eigenvalue weighted by Gasteiger charge is 2.21. The van der Waals surface area contributed by atoms with Gasteiger partial charge in [-0.3, -0.25) is 15.0 Å². The van der Waals surface area contributed by atoms with Crippen molar-refractivity contribution in [3.05, 3.63) is 47.4 Å². The number of carbonyl (C=O) groups excluding carboxylic acids is 1. The van der Waals surface area contributed by atoms with E-state index < -0.39 is 0 Å². The lowest BCUT2D eigenvalue weighted by Gasteiger charge is -2.10. The van der Waals surface area contributed by atoms with E-state index in [4.69, 9.17) is 0 Å². The quantitative estimate of drug-likeness (QED) is 0.567. The van der Waals surface area contributed by atoms with E-state index in [1.807, 2.05) is 24.3 Å². The molecule has 4 N–H and O–H groups in total. The number of H-pyrrole nitrogens is 2. The zero-order chi connectivity index (χ0) is 16.4. The number of carbonyl (C=O) groups is 1. The minimum atomic E-state index is -0.0268. The van der Waals surface area contributed by atoms with Gasteiger partial charge in [-0.15, -0.1) is 0 Å². The fraction of sp³-hybridized carbons (Fsp3) is 0.353. The predicted molar refractivity (Wildman–Crippen MR) is 90.5 cm³/mol. The van der Waals surface area contributed by atoms with E-state index in [0.29, 0.717) is 18.9 Å². The number of rotatable bonds is 5. The van der Waals surface area contributed by atoms with Crippen molar-refractivity contribution in [2.24, 2.45) is 0 Å². The van der Waals surface area contributed by atoms with Crippen molar-refractivity contribution >= 4 is 16.8 Å². The van der Waals surface area contributed by atoms with Crippen molar-refractivity contribution in [1.29, 1.82) is 0 Å². The summed E-state index contributed by atoms with van der Waals surface area (Å²) in [6.45, 7) is 2.49. The molecule has 4 rings (SSSR count). The van der Waals surface area contributed by atoms with Gasteiger partial charge in [-0.05, 0) is 19.0 Å². The van der Waals surface area contributed by atoms with Crippen LogP contribution in [0.2, 0.25) is 0 Å². The molecule has 0 aliphatic carbocycles. The second-order valence-electron chi connectivity index (χ2n) is 6.17. The molecule has 7 nitrogen and oxygen atoms in total. The van der Waals surface area contributed by atoms with Crippen molar-refractivity contribution in [1.82, 2.24) is 31.0 Å². The van der Waals surface area contributed by atoms with Gasteiger partial charge in [0, 0.05) is 35.7 Å². The lowest BCUT2D eigenvalue weighted by molar-refractivity contribution is -0.120. The van der Waals surface area contributed by atoms with Crippen molar-refractivity contribution < 1.29 is 4.79 Å². The van der Waals surface area contributed by atoms with Crippen LogP contribution in [0.25, 0.3) is 10.9 Å². The van der Waals surface area contributed by atoms with E-state index >= 15 is 0 Å². The molecule has 124 valence electrons. The fourth-order valence-corrected chi connectivity index (χ4v) is 3.28. The number of para-hydroxylation sites is 1. The first-order chi connectivity index (χ1) is 11.8. The summed E-state index contributed by atoms with van der Waals surface area (Å²) in [6.07, 6.45) is 3.20. The predicted octanol–water partition coefficient (Wildman–Crippen LogP) is 1.22. The summed E-state index contributed by atoms with van der Waals surface area (Å²) in [5.41, 5.74) is 3.92. The normalized spacial score (nSPS) is 17.4. The van der Waals surface area contributed by atoms with Crippen LogP contribution in [0.3, 0.4) is 0 Å². The summed E-state index contributed by atoms with van der Waals surface area (Å²) < 4.78 is 0. The molecular weight excluding hydrogens is 304 g/mol. The van der Waals surface area contributed by atoms with E-state index in [-0.39, 0.29) is 5.91 Å².